The first-order valence-corrected chi connectivity index (χ1v) is 3.68. The SMILES string of the molecule is C[C@@H]1CC(C)(C)OC1C=O. The molecule has 10 heavy (non-hydrogen) atoms. The van der Waals surface area contributed by atoms with Gasteiger partial charge in [-0.15, -0.1) is 0 Å². The Kier molecular flexibility index (Phi) is 1.82. The van der Waals surface area contributed by atoms with Crippen LogP contribution in [0.15, 0.2) is 0 Å². The van der Waals surface area contributed by atoms with Crippen LogP contribution in [0.5, 0.6) is 0 Å². The van der Waals surface area contributed by atoms with E-state index in [1.807, 2.05) is 20.8 Å². The maximum absolute atomic E-state index is 10.4. The Balaban J connectivity index is 2.60. The van der Waals surface area contributed by atoms with Gasteiger partial charge in [-0.3, -0.25) is 0 Å². The van der Waals surface area contributed by atoms with Gasteiger partial charge in [0.25, 0.3) is 0 Å². The van der Waals surface area contributed by atoms with E-state index in [2.05, 4.69) is 0 Å². The van der Waals surface area contributed by atoms with Crippen LogP contribution >= 0.6 is 0 Å². The largest absolute Gasteiger partial charge is 0.365 e. The minimum absolute atomic E-state index is 0.0923. The van der Waals surface area contributed by atoms with Crippen LogP contribution in [0, 0.1) is 5.92 Å². The molecule has 1 fully saturated rings. The van der Waals surface area contributed by atoms with Gasteiger partial charge in [0.15, 0.2) is 0 Å². The highest BCUT2D eigenvalue weighted by Crippen LogP contribution is 2.32. The first kappa shape index (κ1) is 7.73. The molecule has 0 bridgehead atoms. The fourth-order valence-corrected chi connectivity index (χ4v) is 1.59. The highest BCUT2D eigenvalue weighted by molar-refractivity contribution is 5.57. The van der Waals surface area contributed by atoms with E-state index in [1.165, 1.54) is 0 Å². The average molecular weight is 142 g/mol. The highest BCUT2D eigenvalue weighted by Gasteiger charge is 2.37. The van der Waals surface area contributed by atoms with Crippen molar-refractivity contribution in [3.05, 3.63) is 0 Å². The van der Waals surface area contributed by atoms with Gasteiger partial charge in [-0.1, -0.05) is 6.92 Å². The van der Waals surface area contributed by atoms with E-state index in [0.717, 1.165) is 12.7 Å². The summed E-state index contributed by atoms with van der Waals surface area (Å²) in [6, 6.07) is 0. The summed E-state index contributed by atoms with van der Waals surface area (Å²) in [5.74, 6) is 0.382. The summed E-state index contributed by atoms with van der Waals surface area (Å²) in [5, 5.41) is 0. The monoisotopic (exact) mass is 142 g/mol. The van der Waals surface area contributed by atoms with Crippen molar-refractivity contribution in [2.45, 2.75) is 38.9 Å². The van der Waals surface area contributed by atoms with E-state index in [4.69, 9.17) is 4.74 Å². The quantitative estimate of drug-likeness (QED) is 0.517. The van der Waals surface area contributed by atoms with Crippen LogP contribution in [0.1, 0.15) is 27.2 Å². The van der Waals surface area contributed by atoms with Gasteiger partial charge >= 0.3 is 0 Å². The zero-order valence-corrected chi connectivity index (χ0v) is 6.76. The standard InChI is InChI=1S/C8H14O2/c1-6-4-8(2,3)10-7(6)5-9/h5-7H,4H2,1-3H3/t6-,7?/m1/s1. The molecule has 0 spiro atoms. The van der Waals surface area contributed by atoms with E-state index in [9.17, 15) is 4.79 Å². The lowest BCUT2D eigenvalue weighted by Gasteiger charge is -2.16. The lowest BCUT2D eigenvalue weighted by molar-refractivity contribution is -0.121. The van der Waals surface area contributed by atoms with Gasteiger partial charge in [-0.05, 0) is 26.2 Å². The Bertz CT molecular complexity index is 140. The lowest BCUT2D eigenvalue weighted by Crippen LogP contribution is -2.20. The summed E-state index contributed by atoms with van der Waals surface area (Å²) >= 11 is 0. The van der Waals surface area contributed by atoms with Gasteiger partial charge in [0.05, 0.1) is 5.60 Å². The lowest BCUT2D eigenvalue weighted by atomic mass is 9.97. The van der Waals surface area contributed by atoms with Crippen molar-refractivity contribution in [1.82, 2.24) is 0 Å². The van der Waals surface area contributed by atoms with Gasteiger partial charge in [0, 0.05) is 0 Å². The third kappa shape index (κ3) is 1.37. The van der Waals surface area contributed by atoms with Crippen LogP contribution in [-0.2, 0) is 9.53 Å². The Labute approximate surface area is 61.6 Å². The third-order valence-corrected chi connectivity index (χ3v) is 1.96. The van der Waals surface area contributed by atoms with Gasteiger partial charge in [-0.25, -0.2) is 0 Å². The first-order valence-electron chi connectivity index (χ1n) is 3.68. The van der Waals surface area contributed by atoms with Crippen molar-refractivity contribution in [1.29, 1.82) is 0 Å². The molecule has 2 atom stereocenters. The maximum atomic E-state index is 10.4. The third-order valence-electron chi connectivity index (χ3n) is 1.96. The van der Waals surface area contributed by atoms with Crippen LogP contribution in [0.3, 0.4) is 0 Å². The number of hydrogen-bond donors (Lipinski definition) is 0. The molecule has 1 aliphatic heterocycles. The van der Waals surface area contributed by atoms with Crippen molar-refractivity contribution in [2.75, 3.05) is 0 Å². The van der Waals surface area contributed by atoms with Gasteiger partial charge in [-0.2, -0.15) is 0 Å². The average Bonchev–Trinajstić information content (AvgIpc) is 2.05. The molecule has 1 saturated heterocycles. The van der Waals surface area contributed by atoms with Crippen molar-refractivity contribution < 1.29 is 9.53 Å². The molecule has 1 aliphatic rings. The zero-order chi connectivity index (χ0) is 7.78. The summed E-state index contributed by atoms with van der Waals surface area (Å²) in [7, 11) is 0. The number of hydrogen-bond acceptors (Lipinski definition) is 2. The molecule has 0 aromatic carbocycles. The smallest absolute Gasteiger partial charge is 0.149 e. The summed E-state index contributed by atoms with van der Waals surface area (Å²) < 4.78 is 5.44. The molecule has 1 heterocycles. The van der Waals surface area contributed by atoms with Crippen LogP contribution < -0.4 is 0 Å². The first-order chi connectivity index (χ1) is 4.55. The summed E-state index contributed by atoms with van der Waals surface area (Å²) in [4.78, 5) is 10.4. The summed E-state index contributed by atoms with van der Waals surface area (Å²) in [6.07, 6.45) is 1.71. The minimum atomic E-state index is -0.171. The van der Waals surface area contributed by atoms with E-state index in [-0.39, 0.29) is 11.7 Å². The number of carbonyl (C=O) groups excluding carboxylic acids is 1. The van der Waals surface area contributed by atoms with Crippen molar-refractivity contribution in [2.24, 2.45) is 5.92 Å². The molecule has 0 saturated carbocycles. The Morgan fingerprint density at radius 2 is 2.20 bits per heavy atom. The van der Waals surface area contributed by atoms with Gasteiger partial charge in [0.1, 0.15) is 12.4 Å². The number of rotatable bonds is 1. The molecule has 0 aliphatic carbocycles. The molecular weight excluding hydrogens is 128 g/mol. The second-order valence-corrected chi connectivity index (χ2v) is 3.66. The second kappa shape index (κ2) is 2.35. The molecule has 0 N–H and O–H groups in total. The Morgan fingerprint density at radius 1 is 1.60 bits per heavy atom. The summed E-state index contributed by atoms with van der Waals surface area (Å²) in [6.45, 7) is 6.09. The highest BCUT2D eigenvalue weighted by atomic mass is 16.5. The maximum Gasteiger partial charge on any atom is 0.149 e. The zero-order valence-electron chi connectivity index (χ0n) is 6.76. The molecule has 0 amide bonds. The molecule has 1 rings (SSSR count). The molecule has 1 unspecified atom stereocenters. The predicted octanol–water partition coefficient (Wildman–Crippen LogP) is 1.39. The molecular formula is C8H14O2. The second-order valence-electron chi connectivity index (χ2n) is 3.66. The number of aldehydes is 1. The van der Waals surface area contributed by atoms with E-state index >= 15 is 0 Å². The molecule has 58 valence electrons. The molecule has 0 aromatic heterocycles. The fraction of sp³-hybridized carbons (Fsp3) is 0.875. The predicted molar refractivity (Wildman–Crippen MR) is 38.8 cm³/mol. The summed E-state index contributed by atoms with van der Waals surface area (Å²) in [5.41, 5.74) is -0.0923. The van der Waals surface area contributed by atoms with Crippen molar-refractivity contribution in [3.63, 3.8) is 0 Å². The topological polar surface area (TPSA) is 26.3 Å². The van der Waals surface area contributed by atoms with E-state index < -0.39 is 0 Å². The van der Waals surface area contributed by atoms with Crippen LogP contribution in [-0.4, -0.2) is 18.0 Å². The Hall–Kier alpha value is -0.370. The van der Waals surface area contributed by atoms with Gasteiger partial charge in [0.2, 0.25) is 0 Å². The number of carbonyl (C=O) groups is 1. The molecule has 2 heteroatoms. The van der Waals surface area contributed by atoms with Crippen LogP contribution in [0.25, 0.3) is 0 Å². The van der Waals surface area contributed by atoms with Gasteiger partial charge < -0.3 is 9.53 Å². The molecule has 2 nitrogen and oxygen atoms in total. The van der Waals surface area contributed by atoms with E-state index in [1.54, 1.807) is 0 Å². The van der Waals surface area contributed by atoms with Crippen molar-refractivity contribution in [3.8, 4) is 0 Å². The van der Waals surface area contributed by atoms with Crippen LogP contribution in [0.4, 0.5) is 0 Å². The molecule has 0 aromatic rings. The van der Waals surface area contributed by atoms with Crippen molar-refractivity contribution >= 4 is 6.29 Å². The normalized spacial score (nSPS) is 37.9. The van der Waals surface area contributed by atoms with E-state index in [0.29, 0.717) is 5.92 Å². The van der Waals surface area contributed by atoms with Crippen LogP contribution in [0.2, 0.25) is 0 Å². The number of ether oxygens (including phenoxy) is 1. The minimum Gasteiger partial charge on any atom is -0.365 e. The fourth-order valence-electron chi connectivity index (χ4n) is 1.59. The Morgan fingerprint density at radius 3 is 2.40 bits per heavy atom. The molecule has 0 radical (unpaired) electrons.